The smallest absolute Gasteiger partial charge is 0.241 e. The summed E-state index contributed by atoms with van der Waals surface area (Å²) in [6, 6.07) is 39.1. The average Bonchev–Trinajstić information content (AvgIpc) is 3.08. The van der Waals surface area contributed by atoms with Gasteiger partial charge >= 0.3 is 0 Å². The second kappa shape index (κ2) is 12.7. The Morgan fingerprint density at radius 1 is 0.531 bits per heavy atom. The fraction of sp³-hybridized carbons (Fsp3) is 0.333. The zero-order valence-corrected chi connectivity index (χ0v) is 32.1. The maximum atomic E-state index is 6.45. The van der Waals surface area contributed by atoms with Crippen molar-refractivity contribution >= 4 is 58.6 Å². The van der Waals surface area contributed by atoms with Gasteiger partial charge in [0.25, 0.3) is 0 Å². The van der Waals surface area contributed by atoms with Crippen LogP contribution >= 0.6 is 0 Å². The largest absolute Gasteiger partial charge is 0.453 e. The van der Waals surface area contributed by atoms with Crippen LogP contribution in [0.2, 0.25) is 11.1 Å². The molecule has 5 aromatic rings. The SMILES string of the molecule is CC(C)c1cc(C(C)C)c(B2c3ccccc3[Si](C(C)C)(C(C)C)c3cc(N4c5ccccc5Oc5ccccc54)ccc32)c(C(C)C)c1. The van der Waals surface area contributed by atoms with Gasteiger partial charge in [0.05, 0.1) is 11.4 Å². The fourth-order valence-electron chi connectivity index (χ4n) is 9.28. The summed E-state index contributed by atoms with van der Waals surface area (Å²) in [6.45, 7) is 24.4. The lowest BCUT2D eigenvalue weighted by Crippen LogP contribution is -2.80. The molecule has 0 aromatic heterocycles. The van der Waals surface area contributed by atoms with Crippen molar-refractivity contribution < 1.29 is 4.74 Å². The summed E-state index contributed by atoms with van der Waals surface area (Å²) in [4.78, 5) is 2.43. The second-order valence-corrected chi connectivity index (χ2v) is 21.0. The lowest BCUT2D eigenvalue weighted by Gasteiger charge is -2.48. The number of hydrogen-bond acceptors (Lipinski definition) is 2. The summed E-state index contributed by atoms with van der Waals surface area (Å²) in [5, 5.41) is 3.22. The molecule has 0 saturated carbocycles. The van der Waals surface area contributed by atoms with E-state index in [4.69, 9.17) is 4.74 Å². The van der Waals surface area contributed by atoms with Crippen LogP contribution in [0, 0.1) is 0 Å². The molecule has 4 heteroatoms. The third-order valence-corrected chi connectivity index (χ3v) is 17.8. The molecule has 49 heavy (non-hydrogen) atoms. The maximum absolute atomic E-state index is 6.45. The summed E-state index contributed by atoms with van der Waals surface area (Å²) in [5.41, 5.74) is 13.5. The first-order valence-electron chi connectivity index (χ1n) is 18.5. The number of para-hydroxylation sites is 4. The molecule has 5 aromatic carbocycles. The van der Waals surface area contributed by atoms with Gasteiger partial charge in [-0.2, -0.15) is 0 Å². The Morgan fingerprint density at radius 2 is 1.04 bits per heavy atom. The highest BCUT2D eigenvalue weighted by Crippen LogP contribution is 2.50. The molecule has 0 bridgehead atoms. The van der Waals surface area contributed by atoms with Crippen LogP contribution in [0.4, 0.5) is 17.1 Å². The molecular formula is C45H52BNOSi. The first kappa shape index (κ1) is 33.5. The van der Waals surface area contributed by atoms with Crippen molar-refractivity contribution in [3.8, 4) is 11.5 Å². The van der Waals surface area contributed by atoms with Gasteiger partial charge < -0.3 is 9.64 Å². The van der Waals surface area contributed by atoms with Crippen molar-refractivity contribution in [2.24, 2.45) is 0 Å². The topological polar surface area (TPSA) is 12.5 Å². The molecular weight excluding hydrogens is 609 g/mol. The minimum Gasteiger partial charge on any atom is -0.453 e. The molecule has 2 aliphatic heterocycles. The highest BCUT2D eigenvalue weighted by Gasteiger charge is 2.52. The minimum atomic E-state index is -2.31. The van der Waals surface area contributed by atoms with E-state index in [1.165, 1.54) is 38.8 Å². The van der Waals surface area contributed by atoms with Gasteiger partial charge in [0.2, 0.25) is 6.71 Å². The Balaban J connectivity index is 1.58. The molecule has 0 amide bonds. The van der Waals surface area contributed by atoms with E-state index in [1.807, 2.05) is 0 Å². The van der Waals surface area contributed by atoms with Crippen molar-refractivity contribution in [2.45, 2.75) is 98.1 Å². The van der Waals surface area contributed by atoms with E-state index in [2.05, 4.69) is 177 Å². The summed E-state index contributed by atoms with van der Waals surface area (Å²) >= 11 is 0. The lowest BCUT2D eigenvalue weighted by molar-refractivity contribution is 0.477. The number of ether oxygens (including phenoxy) is 1. The van der Waals surface area contributed by atoms with Crippen LogP contribution < -0.4 is 36.4 Å². The van der Waals surface area contributed by atoms with Crippen molar-refractivity contribution in [2.75, 3.05) is 4.90 Å². The van der Waals surface area contributed by atoms with Gasteiger partial charge in [-0.3, -0.25) is 0 Å². The van der Waals surface area contributed by atoms with Crippen LogP contribution in [0.25, 0.3) is 0 Å². The minimum absolute atomic E-state index is 0.179. The number of nitrogens with zero attached hydrogens (tertiary/aromatic N) is 1. The molecule has 0 aliphatic carbocycles. The first-order chi connectivity index (χ1) is 23.5. The van der Waals surface area contributed by atoms with Crippen LogP contribution in [0.15, 0.2) is 103 Å². The van der Waals surface area contributed by atoms with Gasteiger partial charge in [-0.05, 0) is 81.9 Å². The molecule has 2 heterocycles. The number of benzene rings is 5. The molecule has 0 saturated heterocycles. The molecule has 250 valence electrons. The van der Waals surface area contributed by atoms with E-state index < -0.39 is 8.07 Å². The van der Waals surface area contributed by atoms with E-state index in [0.717, 1.165) is 22.9 Å². The van der Waals surface area contributed by atoms with Gasteiger partial charge in [-0.15, -0.1) is 0 Å². The Labute approximate surface area is 296 Å². The third-order valence-electron chi connectivity index (χ3n) is 11.5. The van der Waals surface area contributed by atoms with Gasteiger partial charge in [0.1, 0.15) is 8.07 Å². The van der Waals surface area contributed by atoms with Gasteiger partial charge in [-0.1, -0.05) is 163 Å². The van der Waals surface area contributed by atoms with Crippen LogP contribution in [0.5, 0.6) is 11.5 Å². The Hall–Kier alpha value is -4.02. The molecule has 0 spiro atoms. The first-order valence-corrected chi connectivity index (χ1v) is 20.7. The van der Waals surface area contributed by atoms with E-state index in [0.29, 0.717) is 28.8 Å². The molecule has 0 radical (unpaired) electrons. The van der Waals surface area contributed by atoms with Crippen molar-refractivity contribution in [3.63, 3.8) is 0 Å². The Morgan fingerprint density at radius 3 is 1.57 bits per heavy atom. The van der Waals surface area contributed by atoms with E-state index in [9.17, 15) is 0 Å². The molecule has 0 atom stereocenters. The van der Waals surface area contributed by atoms with Gasteiger partial charge in [0.15, 0.2) is 11.5 Å². The van der Waals surface area contributed by atoms with Gasteiger partial charge in [-0.25, -0.2) is 0 Å². The number of anilines is 3. The highest BCUT2D eigenvalue weighted by molar-refractivity contribution is 7.16. The number of fused-ring (bicyclic) bond motifs is 4. The van der Waals surface area contributed by atoms with Crippen molar-refractivity contribution in [1.82, 2.24) is 0 Å². The average molecular weight is 662 g/mol. The predicted octanol–water partition coefficient (Wildman–Crippen LogP) is 9.84. The summed E-state index contributed by atoms with van der Waals surface area (Å²) < 4.78 is 6.45. The molecule has 2 aliphatic rings. The molecule has 0 fully saturated rings. The summed E-state index contributed by atoms with van der Waals surface area (Å²) in [6.07, 6.45) is 0. The standard InChI is InChI=1S/C45H52BNOSi/c1-28(2)33-25-35(29(3)4)45(36(26-33)30(5)6)46-37-17-11-16-22-43(37)49(31(7)8,32(9)10)44-27-34(23-24-38(44)46)47-39-18-12-14-20-41(39)48-42-21-15-13-19-40(42)47/h11-32H,1-10H3. The quantitative estimate of drug-likeness (QED) is 0.158. The normalized spacial score (nSPS) is 14.7. The molecule has 0 N–H and O–H groups in total. The van der Waals surface area contributed by atoms with Gasteiger partial charge in [0, 0.05) is 5.69 Å². The van der Waals surface area contributed by atoms with Crippen LogP contribution in [-0.4, -0.2) is 14.8 Å². The Bertz CT molecular complexity index is 1940. The molecule has 7 rings (SSSR count). The summed E-state index contributed by atoms with van der Waals surface area (Å²) in [7, 11) is -2.31. The van der Waals surface area contributed by atoms with Crippen LogP contribution in [0.3, 0.4) is 0 Å². The van der Waals surface area contributed by atoms with E-state index in [-0.39, 0.29) is 6.71 Å². The highest BCUT2D eigenvalue weighted by atomic mass is 28.3. The Kier molecular flexibility index (Phi) is 8.68. The predicted molar refractivity (Wildman–Crippen MR) is 216 cm³/mol. The molecule has 0 unspecified atom stereocenters. The van der Waals surface area contributed by atoms with E-state index in [1.54, 1.807) is 10.4 Å². The van der Waals surface area contributed by atoms with E-state index >= 15 is 0 Å². The monoisotopic (exact) mass is 661 g/mol. The molecule has 2 nitrogen and oxygen atoms in total. The summed E-state index contributed by atoms with van der Waals surface area (Å²) in [5.74, 6) is 3.11. The zero-order valence-electron chi connectivity index (χ0n) is 31.1. The van der Waals surface area contributed by atoms with Crippen molar-refractivity contribution in [1.29, 1.82) is 0 Å². The number of rotatable bonds is 7. The third kappa shape index (κ3) is 5.21. The lowest BCUT2D eigenvalue weighted by atomic mass is 9.34. The number of hydrogen-bond donors (Lipinski definition) is 0. The zero-order chi connectivity index (χ0) is 34.8. The van der Waals surface area contributed by atoms with Crippen LogP contribution in [-0.2, 0) is 0 Å². The van der Waals surface area contributed by atoms with Crippen LogP contribution in [0.1, 0.15) is 104 Å². The second-order valence-electron chi connectivity index (χ2n) is 15.9. The van der Waals surface area contributed by atoms with Crippen molar-refractivity contribution in [3.05, 3.63) is 120 Å². The maximum Gasteiger partial charge on any atom is 0.241 e. The fourth-order valence-corrected chi connectivity index (χ4v) is 15.6.